The van der Waals surface area contributed by atoms with Gasteiger partial charge in [0.2, 0.25) is 0 Å². The number of carbonyl (C=O) groups excluding carboxylic acids is 1. The molecule has 5 nitrogen and oxygen atoms in total. The van der Waals surface area contributed by atoms with Gasteiger partial charge >= 0.3 is 18.1 Å². The Hall–Kier alpha value is -3.43. The Balaban J connectivity index is 1.48. The molecule has 0 bridgehead atoms. The van der Waals surface area contributed by atoms with Gasteiger partial charge in [-0.05, 0) is 54.1 Å². The number of quaternary nitrogens is 1. The molecule has 5 rings (SSSR count). The third-order valence-corrected chi connectivity index (χ3v) is 6.46. The average Bonchev–Trinajstić information content (AvgIpc) is 3.50. The van der Waals surface area contributed by atoms with Crippen LogP contribution in [0.15, 0.2) is 54.6 Å². The molecule has 2 atom stereocenters. The quantitative estimate of drug-likeness (QED) is 0.287. The van der Waals surface area contributed by atoms with Crippen LogP contribution < -0.4 is 4.74 Å². The molecule has 0 aromatic heterocycles. The normalized spacial score (nSPS) is 20.7. The average molecular weight is 493 g/mol. The van der Waals surface area contributed by atoms with Crippen LogP contribution in [0, 0.1) is 5.82 Å². The molecule has 174 valence electrons. The zero-order valence-electron chi connectivity index (χ0n) is 17.2. The number of ether oxygens (including phenoxy) is 1. The van der Waals surface area contributed by atoms with Gasteiger partial charge in [-0.2, -0.15) is 13.2 Å². The molecule has 0 radical (unpaired) electrons. The second-order valence-electron chi connectivity index (χ2n) is 8.27. The number of hydrogen-bond donors (Lipinski definition) is 1. The Morgan fingerprint density at radius 3 is 2.50 bits per heavy atom. The predicted molar refractivity (Wildman–Crippen MR) is 113 cm³/mol. The molecule has 2 heterocycles. The van der Waals surface area contributed by atoms with E-state index in [2.05, 4.69) is 0 Å². The fraction of sp³-hybridized carbons (Fsp3) is 0.167. The fourth-order valence-electron chi connectivity index (χ4n) is 4.24. The minimum Gasteiger partial charge on any atom is -0.478 e. The highest BCUT2D eigenvalue weighted by Gasteiger charge is 2.66. The molecule has 3 aromatic carbocycles. The number of hydrogen-bond acceptors (Lipinski definition) is 3. The van der Waals surface area contributed by atoms with E-state index in [1.807, 2.05) is 0 Å². The van der Waals surface area contributed by atoms with E-state index in [1.54, 1.807) is 18.2 Å². The van der Waals surface area contributed by atoms with Crippen LogP contribution in [0.5, 0.6) is 5.75 Å². The van der Waals surface area contributed by atoms with Gasteiger partial charge < -0.3 is 9.84 Å². The standard InChI is InChI=1S/C24H14ClF4NO4/c25-18-5-1-13(23(32)33)8-17(18)12-2-6-20-14(7-12)10-30(11-21(30)34-20)22(31)16-4-3-15(9-19(16)26)24(27,28)29/h1-9,21H,10-11H2/p+1. The van der Waals surface area contributed by atoms with Crippen LogP contribution in [-0.4, -0.2) is 34.2 Å². The molecular weight excluding hydrogens is 478 g/mol. The fourth-order valence-corrected chi connectivity index (χ4v) is 4.47. The highest BCUT2D eigenvalue weighted by molar-refractivity contribution is 6.33. The molecule has 0 spiro atoms. The SMILES string of the molecule is O=C(O)c1ccc(Cl)c(-c2ccc3c(c2)C[N+]2(C(=O)c4ccc(C(F)(F)F)cc4F)CC2O3)c1. The number of carboxylic acids is 1. The van der Waals surface area contributed by atoms with Crippen LogP contribution in [0.25, 0.3) is 11.1 Å². The summed E-state index contributed by atoms with van der Waals surface area (Å²) in [5.41, 5.74) is 0.135. The van der Waals surface area contributed by atoms with Gasteiger partial charge in [-0.1, -0.05) is 17.7 Å². The maximum atomic E-state index is 14.5. The molecular formula is C24H15ClF4NO4+. The Kier molecular flexibility index (Phi) is 4.96. The Morgan fingerprint density at radius 2 is 1.82 bits per heavy atom. The van der Waals surface area contributed by atoms with Crippen molar-refractivity contribution < 1.29 is 41.5 Å². The van der Waals surface area contributed by atoms with Crippen molar-refractivity contribution in [2.75, 3.05) is 6.54 Å². The molecule has 1 amide bonds. The number of carboxylic acid groups (broad SMARTS) is 1. The monoisotopic (exact) mass is 492 g/mol. The minimum absolute atomic E-state index is 0.0517. The first-order valence-corrected chi connectivity index (χ1v) is 10.5. The lowest BCUT2D eigenvalue weighted by Gasteiger charge is -2.25. The second kappa shape index (κ2) is 7.54. The number of halogens is 5. The van der Waals surface area contributed by atoms with Crippen molar-refractivity contribution in [3.8, 4) is 16.9 Å². The van der Waals surface area contributed by atoms with E-state index in [1.165, 1.54) is 18.2 Å². The summed E-state index contributed by atoms with van der Waals surface area (Å²) in [7, 11) is 0. The smallest absolute Gasteiger partial charge is 0.416 e. The summed E-state index contributed by atoms with van der Waals surface area (Å²) in [6.07, 6.45) is -5.29. The molecule has 0 aliphatic carbocycles. The van der Waals surface area contributed by atoms with E-state index >= 15 is 0 Å². The van der Waals surface area contributed by atoms with Crippen molar-refractivity contribution in [2.45, 2.75) is 18.9 Å². The van der Waals surface area contributed by atoms with Crippen LogP contribution in [0.4, 0.5) is 17.6 Å². The number of amides is 1. The molecule has 3 aromatic rings. The van der Waals surface area contributed by atoms with Crippen LogP contribution in [0.2, 0.25) is 5.02 Å². The zero-order chi connectivity index (χ0) is 24.4. The first-order chi connectivity index (χ1) is 16.0. The van der Waals surface area contributed by atoms with Gasteiger partial charge in [0.15, 0.2) is 6.54 Å². The van der Waals surface area contributed by atoms with Crippen molar-refractivity contribution in [1.29, 1.82) is 0 Å². The largest absolute Gasteiger partial charge is 0.478 e. The number of benzene rings is 3. The minimum atomic E-state index is -4.72. The molecule has 0 saturated carbocycles. The molecule has 2 aliphatic rings. The number of carbonyl (C=O) groups is 2. The maximum absolute atomic E-state index is 14.5. The van der Waals surface area contributed by atoms with Gasteiger partial charge in [-0.3, -0.25) is 0 Å². The van der Waals surface area contributed by atoms with Crippen molar-refractivity contribution in [1.82, 2.24) is 0 Å². The van der Waals surface area contributed by atoms with Gasteiger partial charge in [0, 0.05) is 16.1 Å². The summed E-state index contributed by atoms with van der Waals surface area (Å²) < 4.78 is 58.7. The van der Waals surface area contributed by atoms with Crippen molar-refractivity contribution in [3.63, 3.8) is 0 Å². The van der Waals surface area contributed by atoms with E-state index in [4.69, 9.17) is 16.3 Å². The lowest BCUT2D eigenvalue weighted by molar-refractivity contribution is -0.758. The molecule has 2 aliphatic heterocycles. The van der Waals surface area contributed by atoms with E-state index in [0.29, 0.717) is 39.6 Å². The van der Waals surface area contributed by atoms with Crippen molar-refractivity contribution in [2.24, 2.45) is 0 Å². The Morgan fingerprint density at radius 1 is 1.06 bits per heavy atom. The van der Waals surface area contributed by atoms with Crippen LogP contribution in [0.1, 0.15) is 31.8 Å². The number of rotatable bonds is 3. The van der Waals surface area contributed by atoms with E-state index < -0.39 is 41.2 Å². The molecule has 10 heteroatoms. The highest BCUT2D eigenvalue weighted by atomic mass is 35.5. The van der Waals surface area contributed by atoms with E-state index in [9.17, 15) is 32.3 Å². The third-order valence-electron chi connectivity index (χ3n) is 6.13. The first kappa shape index (κ1) is 22.4. The predicted octanol–water partition coefficient (Wildman–Crippen LogP) is 5.75. The number of fused-ring (bicyclic) bond motifs is 2. The zero-order valence-corrected chi connectivity index (χ0v) is 18.0. The summed E-state index contributed by atoms with van der Waals surface area (Å²) in [5, 5.41) is 9.60. The third kappa shape index (κ3) is 3.61. The molecule has 2 unspecified atom stereocenters. The Bertz CT molecular complexity index is 1370. The first-order valence-electron chi connectivity index (χ1n) is 10.1. The number of nitrogens with zero attached hydrogens (tertiary/aromatic N) is 1. The number of aromatic carboxylic acids is 1. The maximum Gasteiger partial charge on any atom is 0.416 e. The molecule has 1 N–H and O–H groups in total. The lowest BCUT2D eigenvalue weighted by atomic mass is 9.99. The van der Waals surface area contributed by atoms with Crippen molar-refractivity contribution in [3.05, 3.63) is 87.7 Å². The summed E-state index contributed by atoms with van der Waals surface area (Å²) in [6, 6.07) is 11.3. The van der Waals surface area contributed by atoms with E-state index in [0.717, 1.165) is 6.07 Å². The van der Waals surface area contributed by atoms with Crippen LogP contribution in [0.3, 0.4) is 0 Å². The summed E-state index contributed by atoms with van der Waals surface area (Å²) in [5.74, 6) is -2.50. The van der Waals surface area contributed by atoms with Crippen LogP contribution >= 0.6 is 11.6 Å². The molecule has 34 heavy (non-hydrogen) atoms. The van der Waals surface area contributed by atoms with Gasteiger partial charge in [0.25, 0.3) is 6.23 Å². The van der Waals surface area contributed by atoms with Gasteiger partial charge in [-0.15, -0.1) is 0 Å². The second-order valence-corrected chi connectivity index (χ2v) is 8.67. The highest BCUT2D eigenvalue weighted by Crippen LogP contribution is 2.46. The Labute approximate surface area is 195 Å². The summed E-state index contributed by atoms with van der Waals surface area (Å²) in [4.78, 5) is 24.5. The van der Waals surface area contributed by atoms with Gasteiger partial charge in [0.05, 0.1) is 11.1 Å². The van der Waals surface area contributed by atoms with Crippen molar-refractivity contribution >= 4 is 23.5 Å². The van der Waals surface area contributed by atoms with Crippen LogP contribution in [-0.2, 0) is 12.7 Å². The molecule has 1 saturated heterocycles. The molecule has 1 fully saturated rings. The summed E-state index contributed by atoms with van der Waals surface area (Å²) in [6.45, 7) is 0.391. The van der Waals surface area contributed by atoms with E-state index in [-0.39, 0.29) is 23.1 Å². The number of alkyl halides is 3. The topological polar surface area (TPSA) is 63.6 Å². The van der Waals surface area contributed by atoms with Gasteiger partial charge in [0.1, 0.15) is 23.7 Å². The summed E-state index contributed by atoms with van der Waals surface area (Å²) >= 11 is 6.27. The van der Waals surface area contributed by atoms with Gasteiger partial charge in [-0.25, -0.2) is 18.5 Å². The lowest BCUT2D eigenvalue weighted by Crippen LogP contribution is -2.40.